The van der Waals surface area contributed by atoms with E-state index in [1.807, 2.05) is 11.9 Å². The zero-order valence-corrected chi connectivity index (χ0v) is 18.8. The third-order valence-electron chi connectivity index (χ3n) is 6.05. The quantitative estimate of drug-likeness (QED) is 0.645. The van der Waals surface area contributed by atoms with E-state index in [2.05, 4.69) is 22.1 Å². The maximum atomic E-state index is 15.2. The van der Waals surface area contributed by atoms with Crippen molar-refractivity contribution in [1.29, 1.82) is 0 Å². The molecule has 1 amide bonds. The minimum absolute atomic E-state index is 0.0255. The number of anilines is 2. The first kappa shape index (κ1) is 24.0. The number of nitrogens with one attached hydrogen (secondary N) is 2. The number of halogens is 4. The summed E-state index contributed by atoms with van der Waals surface area (Å²) in [4.78, 5) is 17.1. The van der Waals surface area contributed by atoms with Crippen LogP contribution >= 0.6 is 0 Å². The summed E-state index contributed by atoms with van der Waals surface area (Å²) >= 11 is 0. The number of likely N-dealkylation sites (N-methyl/N-ethyl adjacent to an activating group) is 1. The first-order valence-corrected chi connectivity index (χ1v) is 10.9. The molecule has 0 atom stereocenters. The van der Waals surface area contributed by atoms with Crippen LogP contribution in [0.25, 0.3) is 5.57 Å². The number of rotatable bonds is 4. The number of carbonyl (C=O) groups excluding carboxylic acids is 1. The number of amides is 1. The fourth-order valence-electron chi connectivity index (χ4n) is 4.14. The number of allylic oxidation sites excluding steroid dienone is 1. The summed E-state index contributed by atoms with van der Waals surface area (Å²) in [5, 5.41) is 5.18. The number of alkyl halides is 3. The molecule has 10 heteroatoms. The molecule has 1 fully saturated rings. The van der Waals surface area contributed by atoms with Crippen LogP contribution in [0.1, 0.15) is 12.0 Å². The predicted molar refractivity (Wildman–Crippen MR) is 123 cm³/mol. The van der Waals surface area contributed by atoms with E-state index in [0.717, 1.165) is 30.9 Å². The van der Waals surface area contributed by atoms with Gasteiger partial charge in [-0.1, -0.05) is 12.7 Å². The molecule has 1 aromatic rings. The monoisotopic (exact) mass is 478 g/mol. The van der Waals surface area contributed by atoms with Crippen LogP contribution in [0.3, 0.4) is 0 Å². The lowest BCUT2D eigenvalue weighted by Crippen LogP contribution is -2.44. The molecule has 0 bridgehead atoms. The Bertz CT molecular complexity index is 1080. The molecule has 3 aliphatic heterocycles. The lowest BCUT2D eigenvalue weighted by atomic mass is 9.98. The number of nitrogens with zero attached hydrogens (tertiary/aromatic N) is 2. The minimum atomic E-state index is -4.74. The van der Waals surface area contributed by atoms with Gasteiger partial charge in [0.1, 0.15) is 5.82 Å². The molecule has 2 N–H and O–H groups in total. The van der Waals surface area contributed by atoms with E-state index in [0.29, 0.717) is 44.0 Å². The molecule has 0 aliphatic carbocycles. The number of ether oxygens (including phenoxy) is 1. The molecule has 0 unspecified atom stereocenters. The SMILES string of the molecule is C=C1C=C(C(F)(F)F)C(C(=O)Nc2cc(C3=CCOCC3)c(F)cc2N2CCN(C)CC2)=CN1. The third-order valence-corrected chi connectivity index (χ3v) is 6.05. The van der Waals surface area contributed by atoms with Gasteiger partial charge in [0.15, 0.2) is 0 Å². The number of hydrogen-bond donors (Lipinski definition) is 2. The molecule has 3 heterocycles. The van der Waals surface area contributed by atoms with Crippen LogP contribution in [0.5, 0.6) is 0 Å². The van der Waals surface area contributed by atoms with Crippen molar-refractivity contribution in [3.63, 3.8) is 0 Å². The Balaban J connectivity index is 1.71. The Morgan fingerprint density at radius 3 is 2.59 bits per heavy atom. The van der Waals surface area contributed by atoms with Crippen molar-refractivity contribution in [2.75, 3.05) is 56.7 Å². The van der Waals surface area contributed by atoms with E-state index in [9.17, 15) is 18.0 Å². The smallest absolute Gasteiger partial charge is 0.377 e. The van der Waals surface area contributed by atoms with Crippen molar-refractivity contribution in [2.45, 2.75) is 12.6 Å². The van der Waals surface area contributed by atoms with Gasteiger partial charge < -0.3 is 25.2 Å². The van der Waals surface area contributed by atoms with E-state index in [1.165, 1.54) is 12.1 Å². The second-order valence-corrected chi connectivity index (χ2v) is 8.43. The molecule has 1 saturated heterocycles. The van der Waals surface area contributed by atoms with E-state index in [-0.39, 0.29) is 11.4 Å². The van der Waals surface area contributed by atoms with Gasteiger partial charge in [-0.2, -0.15) is 13.2 Å². The molecular weight excluding hydrogens is 452 g/mol. The van der Waals surface area contributed by atoms with E-state index in [4.69, 9.17) is 4.74 Å². The Morgan fingerprint density at radius 1 is 1.21 bits per heavy atom. The van der Waals surface area contributed by atoms with Crippen LogP contribution in [0, 0.1) is 5.82 Å². The summed E-state index contributed by atoms with van der Waals surface area (Å²) in [5.74, 6) is -1.40. The van der Waals surface area contributed by atoms with E-state index in [1.54, 1.807) is 6.08 Å². The van der Waals surface area contributed by atoms with Gasteiger partial charge >= 0.3 is 6.18 Å². The highest BCUT2D eigenvalue weighted by Gasteiger charge is 2.40. The van der Waals surface area contributed by atoms with Crippen molar-refractivity contribution >= 4 is 22.9 Å². The Morgan fingerprint density at radius 2 is 1.94 bits per heavy atom. The summed E-state index contributed by atoms with van der Waals surface area (Å²) < 4.78 is 61.3. The van der Waals surface area contributed by atoms with E-state index < -0.39 is 29.0 Å². The van der Waals surface area contributed by atoms with Crippen LogP contribution in [0.2, 0.25) is 0 Å². The number of piperazine rings is 1. The molecule has 1 aromatic carbocycles. The molecular formula is C24H26F4N4O2. The minimum Gasteiger partial charge on any atom is -0.377 e. The summed E-state index contributed by atoms with van der Waals surface area (Å²) in [6.45, 7) is 6.91. The number of carbonyl (C=O) groups is 1. The lowest BCUT2D eigenvalue weighted by Gasteiger charge is -2.35. The van der Waals surface area contributed by atoms with Crippen molar-refractivity contribution in [3.05, 3.63) is 65.3 Å². The fourth-order valence-corrected chi connectivity index (χ4v) is 4.14. The van der Waals surface area contributed by atoms with Crippen molar-refractivity contribution in [2.24, 2.45) is 0 Å². The van der Waals surface area contributed by atoms with Gasteiger partial charge in [0.25, 0.3) is 5.91 Å². The Hall–Kier alpha value is -3.11. The third kappa shape index (κ3) is 5.18. The fraction of sp³-hybridized carbons (Fsp3) is 0.375. The van der Waals surface area contributed by atoms with Crippen LogP contribution in [0.4, 0.5) is 28.9 Å². The molecule has 3 aliphatic rings. The first-order chi connectivity index (χ1) is 16.1. The Labute approximate surface area is 195 Å². The van der Waals surface area contributed by atoms with Gasteiger partial charge in [-0.25, -0.2) is 4.39 Å². The number of hydrogen-bond acceptors (Lipinski definition) is 5. The van der Waals surface area contributed by atoms with Crippen LogP contribution in [-0.2, 0) is 9.53 Å². The highest BCUT2D eigenvalue weighted by molar-refractivity contribution is 6.09. The maximum Gasteiger partial charge on any atom is 0.417 e. The molecule has 182 valence electrons. The van der Waals surface area contributed by atoms with Gasteiger partial charge in [-0.15, -0.1) is 0 Å². The van der Waals surface area contributed by atoms with Crippen LogP contribution in [-0.4, -0.2) is 63.4 Å². The standard InChI is InChI=1S/C24H26F4N4O2/c1-15-11-19(24(26,27)28)18(14-29-15)23(33)30-21-12-17(16-3-9-34-10-4-16)20(25)13-22(21)32-7-5-31(2)6-8-32/h3,11-14,29H,1,4-10H2,2H3,(H,30,33). The topological polar surface area (TPSA) is 56.8 Å². The Kier molecular flexibility index (Phi) is 6.81. The summed E-state index contributed by atoms with van der Waals surface area (Å²) in [6.07, 6.45) is -0.695. The van der Waals surface area contributed by atoms with Gasteiger partial charge in [0.05, 0.1) is 35.7 Å². The second kappa shape index (κ2) is 9.63. The molecule has 4 rings (SSSR count). The number of benzene rings is 1. The zero-order chi connectivity index (χ0) is 24.5. The molecule has 34 heavy (non-hydrogen) atoms. The summed E-state index contributed by atoms with van der Waals surface area (Å²) in [5.41, 5.74) is 0.0798. The van der Waals surface area contributed by atoms with Crippen molar-refractivity contribution in [3.8, 4) is 0 Å². The molecule has 0 radical (unpaired) electrons. The highest BCUT2D eigenvalue weighted by Crippen LogP contribution is 2.37. The molecule has 0 saturated carbocycles. The van der Waals surface area contributed by atoms with Crippen molar-refractivity contribution < 1.29 is 27.1 Å². The lowest BCUT2D eigenvalue weighted by molar-refractivity contribution is -0.115. The molecule has 6 nitrogen and oxygen atoms in total. The largest absolute Gasteiger partial charge is 0.417 e. The van der Waals surface area contributed by atoms with Gasteiger partial charge in [-0.3, -0.25) is 4.79 Å². The average Bonchev–Trinajstić information content (AvgIpc) is 2.80. The van der Waals surface area contributed by atoms with Gasteiger partial charge in [0, 0.05) is 43.6 Å². The molecule has 0 spiro atoms. The van der Waals surface area contributed by atoms with Crippen LogP contribution in [0.15, 0.2) is 53.9 Å². The molecule has 0 aromatic heterocycles. The average molecular weight is 478 g/mol. The van der Waals surface area contributed by atoms with E-state index >= 15 is 4.39 Å². The predicted octanol–water partition coefficient (Wildman–Crippen LogP) is 3.81. The van der Waals surface area contributed by atoms with Crippen LogP contribution < -0.4 is 15.5 Å². The first-order valence-electron chi connectivity index (χ1n) is 10.9. The zero-order valence-electron chi connectivity index (χ0n) is 18.8. The van der Waals surface area contributed by atoms with Gasteiger partial charge in [0.2, 0.25) is 0 Å². The number of dihydropyridines is 1. The highest BCUT2D eigenvalue weighted by atomic mass is 19.4. The maximum absolute atomic E-state index is 15.2. The summed E-state index contributed by atoms with van der Waals surface area (Å²) in [6, 6.07) is 2.85. The van der Waals surface area contributed by atoms with Crippen molar-refractivity contribution in [1.82, 2.24) is 10.2 Å². The second-order valence-electron chi connectivity index (χ2n) is 8.43. The normalized spacial score (nSPS) is 19.7. The van der Waals surface area contributed by atoms with Gasteiger partial charge in [-0.05, 0) is 37.3 Å². The summed E-state index contributed by atoms with van der Waals surface area (Å²) in [7, 11) is 1.97.